The molecule has 0 amide bonds. The van der Waals surface area contributed by atoms with Gasteiger partial charge in [0.15, 0.2) is 5.88 Å². The van der Waals surface area contributed by atoms with Gasteiger partial charge in [0.25, 0.3) is 0 Å². The van der Waals surface area contributed by atoms with Crippen LogP contribution >= 0.6 is 0 Å². The Morgan fingerprint density at radius 2 is 2.00 bits per heavy atom. The van der Waals surface area contributed by atoms with Crippen LogP contribution in [0.1, 0.15) is 20.8 Å². The third-order valence-electron chi connectivity index (χ3n) is 0.901. The predicted molar refractivity (Wildman–Crippen MR) is 38.0 cm³/mol. The van der Waals surface area contributed by atoms with Crippen LogP contribution in [0.2, 0.25) is 0 Å². The molecule has 0 saturated heterocycles. The molecule has 0 fully saturated rings. The van der Waals surface area contributed by atoms with Crippen molar-refractivity contribution in [3.63, 3.8) is 0 Å². The summed E-state index contributed by atoms with van der Waals surface area (Å²) < 4.78 is 5.27. The molecule has 0 aliphatic heterocycles. The number of aliphatic hydroxyl groups is 1. The summed E-state index contributed by atoms with van der Waals surface area (Å²) >= 11 is 4.63. The van der Waals surface area contributed by atoms with Crippen LogP contribution in [0.4, 0.5) is 0 Å². The largest absolute Gasteiger partial charge is 0.385 e. The highest BCUT2D eigenvalue weighted by Crippen LogP contribution is 2.06. The van der Waals surface area contributed by atoms with E-state index in [0.29, 0.717) is 12.5 Å². The van der Waals surface area contributed by atoms with Crippen LogP contribution in [0.3, 0.4) is 0 Å². The van der Waals surface area contributed by atoms with Gasteiger partial charge in [0, 0.05) is 0 Å². The quantitative estimate of drug-likeness (QED) is 0.619. The summed E-state index contributed by atoms with van der Waals surface area (Å²) in [6, 6.07) is 0. The Balaban J connectivity index is 3.36. The highest BCUT2D eigenvalue weighted by atomic mass is 35.5. The zero-order chi connectivity index (χ0) is 8.20. The molecule has 0 spiro atoms. The molecule has 0 aromatic rings. The molecular formula is C7H16ClO2+. The molecule has 0 aromatic carbocycles. The number of aliphatic hydroxyl groups excluding tert-OH is 1. The Hall–Kier alpha value is 0.210. The Labute approximate surface area is 67.1 Å². The van der Waals surface area contributed by atoms with E-state index in [0.717, 1.165) is 0 Å². The lowest BCUT2D eigenvalue weighted by Gasteiger charge is -2.20. The minimum absolute atomic E-state index is 0.175. The van der Waals surface area contributed by atoms with Gasteiger partial charge in [-0.1, -0.05) is 0 Å². The SMILES string of the molecule is CC(C)(C)OC[C@@H](O)C[ClH+]. The predicted octanol–water partition coefficient (Wildman–Crippen LogP) is 0.444. The maximum absolute atomic E-state index is 8.99. The van der Waals surface area contributed by atoms with Gasteiger partial charge in [-0.2, -0.15) is 0 Å². The standard InChI is InChI=1S/C7H16ClO2/c1-7(2,3)10-5-6(9)4-8/h6,8-9H,4-5H2,1-3H3/q+1/t6-/m0/s1. The average Bonchev–Trinajstić information content (AvgIpc) is 1.81. The Kier molecular flexibility index (Phi) is 4.25. The highest BCUT2D eigenvalue weighted by molar-refractivity contribution is 4.60. The van der Waals surface area contributed by atoms with Gasteiger partial charge in [-0.05, 0) is 20.8 Å². The van der Waals surface area contributed by atoms with E-state index in [4.69, 9.17) is 9.84 Å². The van der Waals surface area contributed by atoms with Crippen molar-refractivity contribution in [1.82, 2.24) is 0 Å². The molecule has 1 atom stereocenters. The van der Waals surface area contributed by atoms with Gasteiger partial charge in [0.2, 0.25) is 0 Å². The van der Waals surface area contributed by atoms with Crippen LogP contribution < -0.4 is 0 Å². The molecule has 0 heterocycles. The molecule has 0 saturated carbocycles. The van der Waals surface area contributed by atoms with Crippen LogP contribution in [-0.2, 0) is 4.74 Å². The smallest absolute Gasteiger partial charge is 0.197 e. The maximum Gasteiger partial charge on any atom is 0.197 e. The molecule has 0 rings (SSSR count). The van der Waals surface area contributed by atoms with E-state index in [-0.39, 0.29) is 5.60 Å². The zero-order valence-corrected chi connectivity index (χ0v) is 7.57. The van der Waals surface area contributed by atoms with E-state index in [2.05, 4.69) is 11.6 Å². The van der Waals surface area contributed by atoms with E-state index in [1.807, 2.05) is 20.8 Å². The third-order valence-corrected chi connectivity index (χ3v) is 1.29. The molecule has 62 valence electrons. The van der Waals surface area contributed by atoms with Crippen molar-refractivity contribution in [2.45, 2.75) is 32.5 Å². The minimum Gasteiger partial charge on any atom is -0.385 e. The lowest BCUT2D eigenvalue weighted by atomic mass is 10.2. The summed E-state index contributed by atoms with van der Waals surface area (Å²) in [4.78, 5) is 0. The second-order valence-electron chi connectivity index (χ2n) is 3.24. The molecule has 1 N–H and O–H groups in total. The van der Waals surface area contributed by atoms with Crippen molar-refractivity contribution in [3.8, 4) is 0 Å². The van der Waals surface area contributed by atoms with Crippen LogP contribution in [0.5, 0.6) is 0 Å². The van der Waals surface area contributed by atoms with Gasteiger partial charge < -0.3 is 9.84 Å². The fourth-order valence-corrected chi connectivity index (χ4v) is 0.491. The van der Waals surface area contributed by atoms with Gasteiger partial charge >= 0.3 is 0 Å². The second kappa shape index (κ2) is 4.16. The summed E-state index contributed by atoms with van der Waals surface area (Å²) in [6.45, 7) is 6.18. The van der Waals surface area contributed by atoms with Crippen molar-refractivity contribution in [3.05, 3.63) is 0 Å². The monoisotopic (exact) mass is 167 g/mol. The molecule has 0 bridgehead atoms. The molecular weight excluding hydrogens is 152 g/mol. The average molecular weight is 168 g/mol. The Morgan fingerprint density at radius 1 is 1.50 bits per heavy atom. The number of halogens is 1. The highest BCUT2D eigenvalue weighted by Gasteiger charge is 2.14. The molecule has 3 heteroatoms. The first-order valence-corrected chi connectivity index (χ1v) is 3.93. The molecule has 10 heavy (non-hydrogen) atoms. The molecule has 0 aliphatic rings. The zero-order valence-electron chi connectivity index (χ0n) is 6.76. The van der Waals surface area contributed by atoms with Crippen molar-refractivity contribution >= 4 is 0 Å². The molecule has 0 radical (unpaired) electrons. The number of rotatable bonds is 3. The Morgan fingerprint density at radius 3 is 2.30 bits per heavy atom. The molecule has 0 aromatic heterocycles. The van der Waals surface area contributed by atoms with Crippen molar-refractivity contribution in [2.75, 3.05) is 12.5 Å². The molecule has 2 nitrogen and oxygen atoms in total. The van der Waals surface area contributed by atoms with Crippen molar-refractivity contribution in [2.24, 2.45) is 0 Å². The first-order chi connectivity index (χ1) is 4.45. The van der Waals surface area contributed by atoms with Gasteiger partial charge in [-0.3, -0.25) is 0 Å². The fourth-order valence-electron chi connectivity index (χ4n) is 0.394. The number of alkyl halides is 1. The maximum atomic E-state index is 8.99. The minimum atomic E-state index is -0.491. The van der Waals surface area contributed by atoms with Crippen LogP contribution in [0.25, 0.3) is 0 Å². The van der Waals surface area contributed by atoms with Crippen LogP contribution in [0.15, 0.2) is 0 Å². The van der Waals surface area contributed by atoms with Gasteiger partial charge in [-0.15, -0.1) is 0 Å². The Bertz CT molecular complexity index is 88.1. The first-order valence-electron chi connectivity index (χ1n) is 3.36. The summed E-state index contributed by atoms with van der Waals surface area (Å²) in [5.74, 6) is 0.343. The lowest BCUT2D eigenvalue weighted by molar-refractivity contribution is -0.386. The topological polar surface area (TPSA) is 29.5 Å². The van der Waals surface area contributed by atoms with Gasteiger partial charge in [-0.25, -0.2) is 0 Å². The normalized spacial score (nSPS) is 15.3. The van der Waals surface area contributed by atoms with Crippen molar-refractivity contribution in [1.29, 1.82) is 0 Å². The lowest BCUT2D eigenvalue weighted by Crippen LogP contribution is -2.27. The van der Waals surface area contributed by atoms with E-state index in [1.165, 1.54) is 0 Å². The fraction of sp³-hybridized carbons (Fsp3) is 1.00. The van der Waals surface area contributed by atoms with E-state index in [1.54, 1.807) is 0 Å². The number of hydrogen-bond acceptors (Lipinski definition) is 2. The van der Waals surface area contributed by atoms with Crippen molar-refractivity contribution < 1.29 is 21.4 Å². The van der Waals surface area contributed by atoms with E-state index >= 15 is 0 Å². The van der Waals surface area contributed by atoms with Gasteiger partial charge in [0.1, 0.15) is 17.7 Å². The summed E-state index contributed by atoms with van der Waals surface area (Å²) in [6.07, 6.45) is -0.491. The van der Waals surface area contributed by atoms with E-state index in [9.17, 15) is 0 Å². The van der Waals surface area contributed by atoms with Crippen LogP contribution in [0, 0.1) is 11.6 Å². The van der Waals surface area contributed by atoms with Gasteiger partial charge in [0.05, 0.1) is 12.2 Å². The van der Waals surface area contributed by atoms with Crippen LogP contribution in [-0.4, -0.2) is 29.3 Å². The summed E-state index contributed by atoms with van der Waals surface area (Å²) in [5, 5.41) is 8.99. The summed E-state index contributed by atoms with van der Waals surface area (Å²) in [5.41, 5.74) is -0.175. The first kappa shape index (κ1) is 10.2. The summed E-state index contributed by atoms with van der Waals surface area (Å²) in [7, 11) is 0. The second-order valence-corrected chi connectivity index (χ2v) is 3.58. The molecule has 0 aliphatic carbocycles. The number of hydrogen-bond donors (Lipinski definition) is 1. The molecule has 0 unspecified atom stereocenters. The number of ether oxygens (including phenoxy) is 1. The van der Waals surface area contributed by atoms with E-state index < -0.39 is 6.10 Å². The third kappa shape index (κ3) is 6.33.